The summed E-state index contributed by atoms with van der Waals surface area (Å²) >= 11 is 0. The van der Waals surface area contributed by atoms with Crippen molar-refractivity contribution in [3.63, 3.8) is 0 Å². The summed E-state index contributed by atoms with van der Waals surface area (Å²) in [6.07, 6.45) is 6.80. The highest BCUT2D eigenvalue weighted by atomic mass is 16.5. The number of allylic oxidation sites excluding steroid dienone is 2. The minimum absolute atomic E-state index is 0.120. The Labute approximate surface area is 114 Å². The van der Waals surface area contributed by atoms with Crippen LogP contribution in [-0.2, 0) is 14.3 Å². The van der Waals surface area contributed by atoms with Crippen molar-refractivity contribution in [2.24, 2.45) is 17.8 Å². The summed E-state index contributed by atoms with van der Waals surface area (Å²) in [6.45, 7) is 4.46. The summed E-state index contributed by atoms with van der Waals surface area (Å²) < 4.78 is 4.65. The first kappa shape index (κ1) is 14.1. The lowest BCUT2D eigenvalue weighted by Gasteiger charge is -2.31. The Morgan fingerprint density at radius 2 is 2.05 bits per heavy atom. The van der Waals surface area contributed by atoms with Crippen molar-refractivity contribution < 1.29 is 14.3 Å². The van der Waals surface area contributed by atoms with Gasteiger partial charge in [0.2, 0.25) is 5.91 Å². The highest BCUT2D eigenvalue weighted by molar-refractivity contribution is 5.81. The van der Waals surface area contributed by atoms with E-state index in [2.05, 4.69) is 16.9 Å². The number of hydrogen-bond acceptors (Lipinski definition) is 3. The molecule has 1 fully saturated rings. The zero-order valence-electron chi connectivity index (χ0n) is 12.0. The van der Waals surface area contributed by atoms with Gasteiger partial charge in [0.15, 0.2) is 0 Å². The van der Waals surface area contributed by atoms with E-state index < -0.39 is 0 Å². The summed E-state index contributed by atoms with van der Waals surface area (Å²) in [5, 5.41) is 0. The van der Waals surface area contributed by atoms with Gasteiger partial charge in [-0.15, -0.1) is 0 Å². The quantitative estimate of drug-likeness (QED) is 0.564. The van der Waals surface area contributed by atoms with Crippen molar-refractivity contribution >= 4 is 11.9 Å². The molecule has 2 rings (SSSR count). The topological polar surface area (TPSA) is 46.6 Å². The average molecular weight is 265 g/mol. The fraction of sp³-hybridized carbons (Fsp3) is 0.733. The van der Waals surface area contributed by atoms with Gasteiger partial charge in [-0.3, -0.25) is 9.59 Å². The van der Waals surface area contributed by atoms with E-state index in [4.69, 9.17) is 0 Å². The molecule has 19 heavy (non-hydrogen) atoms. The van der Waals surface area contributed by atoms with Crippen LogP contribution >= 0.6 is 0 Å². The lowest BCUT2D eigenvalue weighted by molar-refractivity contribution is -0.143. The van der Waals surface area contributed by atoms with Gasteiger partial charge in [0.1, 0.15) is 0 Å². The van der Waals surface area contributed by atoms with Crippen LogP contribution in [0.25, 0.3) is 0 Å². The third kappa shape index (κ3) is 2.99. The van der Waals surface area contributed by atoms with Gasteiger partial charge in [-0.25, -0.2) is 0 Å². The Balaban J connectivity index is 1.97. The van der Waals surface area contributed by atoms with Crippen LogP contribution in [0.2, 0.25) is 0 Å². The zero-order chi connectivity index (χ0) is 14.0. The molecule has 2 bridgehead atoms. The van der Waals surface area contributed by atoms with Crippen molar-refractivity contribution in [3.8, 4) is 0 Å². The van der Waals surface area contributed by atoms with Crippen LogP contribution in [0, 0.1) is 17.8 Å². The van der Waals surface area contributed by atoms with Crippen molar-refractivity contribution in [2.45, 2.75) is 39.2 Å². The van der Waals surface area contributed by atoms with Crippen LogP contribution in [-0.4, -0.2) is 36.5 Å². The molecule has 0 aromatic heterocycles. The Kier molecular flexibility index (Phi) is 4.27. The van der Waals surface area contributed by atoms with Crippen molar-refractivity contribution in [1.29, 1.82) is 0 Å². The summed E-state index contributed by atoms with van der Waals surface area (Å²) in [4.78, 5) is 25.7. The van der Waals surface area contributed by atoms with Crippen LogP contribution in [0.1, 0.15) is 33.1 Å². The fourth-order valence-corrected chi connectivity index (χ4v) is 3.21. The molecule has 0 aromatic rings. The van der Waals surface area contributed by atoms with Gasteiger partial charge in [-0.1, -0.05) is 12.2 Å². The molecule has 3 atom stereocenters. The molecule has 0 aliphatic heterocycles. The lowest BCUT2D eigenvalue weighted by atomic mass is 9.91. The Morgan fingerprint density at radius 3 is 2.53 bits per heavy atom. The second-order valence-corrected chi connectivity index (χ2v) is 5.84. The smallest absolute Gasteiger partial charge is 0.307 e. The third-order valence-electron chi connectivity index (χ3n) is 4.29. The number of hydrogen-bond donors (Lipinski definition) is 0. The number of rotatable bonds is 5. The molecule has 0 N–H and O–H groups in total. The molecule has 4 nitrogen and oxygen atoms in total. The zero-order valence-corrected chi connectivity index (χ0v) is 12.0. The van der Waals surface area contributed by atoms with E-state index >= 15 is 0 Å². The molecule has 0 radical (unpaired) electrons. The van der Waals surface area contributed by atoms with E-state index in [1.165, 1.54) is 7.11 Å². The maximum Gasteiger partial charge on any atom is 0.307 e. The molecule has 1 saturated carbocycles. The number of carbonyl (C=O) groups excluding carboxylic acids is 2. The molecule has 0 aromatic carbocycles. The Bertz CT molecular complexity index is 389. The minimum Gasteiger partial charge on any atom is -0.469 e. The van der Waals surface area contributed by atoms with E-state index in [0.29, 0.717) is 18.4 Å². The van der Waals surface area contributed by atoms with E-state index in [0.717, 1.165) is 12.8 Å². The van der Waals surface area contributed by atoms with E-state index in [9.17, 15) is 9.59 Å². The van der Waals surface area contributed by atoms with E-state index in [-0.39, 0.29) is 30.3 Å². The number of nitrogens with zero attached hydrogens (tertiary/aromatic N) is 1. The predicted octanol–water partition coefficient (Wildman–Crippen LogP) is 2.00. The summed E-state index contributed by atoms with van der Waals surface area (Å²) in [6, 6.07) is 0.125. The third-order valence-corrected chi connectivity index (χ3v) is 4.29. The predicted molar refractivity (Wildman–Crippen MR) is 72.3 cm³/mol. The molecule has 0 spiro atoms. The van der Waals surface area contributed by atoms with E-state index in [1.807, 2.05) is 18.7 Å². The molecule has 4 heteroatoms. The molecule has 2 aliphatic rings. The molecular weight excluding hydrogens is 242 g/mol. The van der Waals surface area contributed by atoms with Gasteiger partial charge in [-0.2, -0.15) is 0 Å². The highest BCUT2D eigenvalue weighted by Crippen LogP contribution is 2.44. The van der Waals surface area contributed by atoms with Gasteiger partial charge in [0.25, 0.3) is 0 Å². The van der Waals surface area contributed by atoms with Crippen molar-refractivity contribution in [2.75, 3.05) is 13.7 Å². The molecule has 0 heterocycles. The summed E-state index contributed by atoms with van der Waals surface area (Å²) in [7, 11) is 1.38. The number of fused-ring (bicyclic) bond motifs is 2. The van der Waals surface area contributed by atoms with Crippen LogP contribution in [0.3, 0.4) is 0 Å². The number of methoxy groups -OCH3 is 1. The number of esters is 1. The Morgan fingerprint density at radius 1 is 1.32 bits per heavy atom. The highest BCUT2D eigenvalue weighted by Gasteiger charge is 2.41. The standard InChI is InChI=1S/C15H23NO3/c1-10(2)16(7-6-14(17)19-3)15(18)13-9-11-4-5-12(13)8-11/h4-5,10-13H,6-9H2,1-3H3/t11-,12+,13+/m1/s1. The van der Waals surface area contributed by atoms with Crippen LogP contribution in [0.4, 0.5) is 0 Å². The van der Waals surface area contributed by atoms with Crippen LogP contribution < -0.4 is 0 Å². The summed E-state index contributed by atoms with van der Waals surface area (Å²) in [5.74, 6) is 1.07. The second-order valence-electron chi connectivity index (χ2n) is 5.84. The summed E-state index contributed by atoms with van der Waals surface area (Å²) in [5.41, 5.74) is 0. The van der Waals surface area contributed by atoms with E-state index in [1.54, 1.807) is 0 Å². The van der Waals surface area contributed by atoms with Gasteiger partial charge < -0.3 is 9.64 Å². The first-order chi connectivity index (χ1) is 9.02. The molecule has 1 amide bonds. The van der Waals surface area contributed by atoms with Crippen LogP contribution in [0.5, 0.6) is 0 Å². The van der Waals surface area contributed by atoms with Crippen molar-refractivity contribution in [1.82, 2.24) is 4.90 Å². The average Bonchev–Trinajstić information content (AvgIpc) is 3.00. The number of carbonyl (C=O) groups is 2. The molecule has 106 valence electrons. The first-order valence-corrected chi connectivity index (χ1v) is 7.08. The monoisotopic (exact) mass is 265 g/mol. The van der Waals surface area contributed by atoms with Gasteiger partial charge >= 0.3 is 5.97 Å². The molecule has 0 saturated heterocycles. The Hall–Kier alpha value is -1.32. The molecule has 2 aliphatic carbocycles. The fourth-order valence-electron chi connectivity index (χ4n) is 3.21. The first-order valence-electron chi connectivity index (χ1n) is 7.08. The largest absolute Gasteiger partial charge is 0.469 e. The molecular formula is C15H23NO3. The van der Waals surface area contributed by atoms with Crippen molar-refractivity contribution in [3.05, 3.63) is 12.2 Å². The minimum atomic E-state index is -0.258. The molecule has 0 unspecified atom stereocenters. The number of amides is 1. The van der Waals surface area contributed by atoms with Gasteiger partial charge in [-0.05, 0) is 38.5 Å². The lowest BCUT2D eigenvalue weighted by Crippen LogP contribution is -2.43. The normalized spacial score (nSPS) is 27.9. The maximum absolute atomic E-state index is 12.6. The second kappa shape index (κ2) is 5.76. The van der Waals surface area contributed by atoms with Crippen LogP contribution in [0.15, 0.2) is 12.2 Å². The maximum atomic E-state index is 12.6. The van der Waals surface area contributed by atoms with Gasteiger partial charge in [0.05, 0.1) is 13.5 Å². The van der Waals surface area contributed by atoms with Gasteiger partial charge in [0, 0.05) is 18.5 Å². The number of ether oxygens (including phenoxy) is 1. The SMILES string of the molecule is COC(=O)CCN(C(=O)[C@H]1C[C@@H]2C=C[C@H]1C2)C(C)C.